The zero-order valence-electron chi connectivity index (χ0n) is 20.4. The van der Waals surface area contributed by atoms with Crippen LogP contribution in [0.1, 0.15) is 27.1 Å². The van der Waals surface area contributed by atoms with Crippen LogP contribution in [0.15, 0.2) is 107 Å². The highest BCUT2D eigenvalue weighted by Gasteiger charge is 2.37. The Kier molecular flexibility index (Phi) is 6.82. The Morgan fingerprint density at radius 3 is 2.45 bits per heavy atom. The molecule has 0 radical (unpaired) electrons. The van der Waals surface area contributed by atoms with E-state index in [1.54, 1.807) is 47.8 Å². The van der Waals surface area contributed by atoms with Gasteiger partial charge in [0.2, 0.25) is 0 Å². The molecule has 2 aliphatic heterocycles. The van der Waals surface area contributed by atoms with E-state index in [-0.39, 0.29) is 29.1 Å². The third kappa shape index (κ3) is 4.66. The number of imide groups is 1. The highest BCUT2D eigenvalue weighted by molar-refractivity contribution is 8.00. The number of hydrogen-bond acceptors (Lipinski definition) is 5. The maximum Gasteiger partial charge on any atom is 0.326 e. The summed E-state index contributed by atoms with van der Waals surface area (Å²) in [6, 6.07) is 22.5. The predicted octanol–water partition coefficient (Wildman–Crippen LogP) is 6.47. The van der Waals surface area contributed by atoms with Crippen LogP contribution in [0.25, 0.3) is 0 Å². The lowest BCUT2D eigenvalue weighted by Gasteiger charge is -2.40. The van der Waals surface area contributed by atoms with Crippen molar-refractivity contribution in [2.24, 2.45) is 0 Å². The molecule has 0 saturated heterocycles. The molecule has 6 nitrogen and oxygen atoms in total. The summed E-state index contributed by atoms with van der Waals surface area (Å²) in [4.78, 5) is 43.9. The number of anilines is 2. The van der Waals surface area contributed by atoms with Crippen LogP contribution in [0.3, 0.4) is 0 Å². The number of urea groups is 1. The van der Waals surface area contributed by atoms with Crippen molar-refractivity contribution in [1.82, 2.24) is 4.90 Å². The topological polar surface area (TPSA) is 69.7 Å². The molecule has 0 fully saturated rings. The molecule has 2 unspecified atom stereocenters. The molecular formula is C30H25N3O3S2. The van der Waals surface area contributed by atoms with E-state index >= 15 is 0 Å². The van der Waals surface area contributed by atoms with Crippen molar-refractivity contribution < 1.29 is 14.4 Å². The van der Waals surface area contributed by atoms with E-state index < -0.39 is 0 Å². The SMILES string of the molecule is O=C1c2ccccc2C(=O)N1CCCSc1cccc(NC(=O)N2c3ccccc3SC3C=CC=CC32)c1. The summed E-state index contributed by atoms with van der Waals surface area (Å²) in [5.74, 6) is 0.301. The third-order valence-corrected chi connectivity index (χ3v) is 9.11. The van der Waals surface area contributed by atoms with Gasteiger partial charge in [-0.05, 0) is 54.6 Å². The molecule has 1 N–H and O–H groups in total. The monoisotopic (exact) mass is 539 g/mol. The summed E-state index contributed by atoms with van der Waals surface area (Å²) in [5.41, 5.74) is 2.60. The number of rotatable bonds is 6. The van der Waals surface area contributed by atoms with Gasteiger partial charge < -0.3 is 5.32 Å². The summed E-state index contributed by atoms with van der Waals surface area (Å²) >= 11 is 3.42. The minimum Gasteiger partial charge on any atom is -0.307 e. The van der Waals surface area contributed by atoms with Gasteiger partial charge in [-0.25, -0.2) is 4.79 Å². The molecule has 0 saturated carbocycles. The van der Waals surface area contributed by atoms with Crippen molar-refractivity contribution >= 4 is 52.7 Å². The first-order valence-corrected chi connectivity index (χ1v) is 14.4. The second-order valence-corrected chi connectivity index (χ2v) is 11.5. The van der Waals surface area contributed by atoms with Gasteiger partial charge in [0.15, 0.2) is 0 Å². The highest BCUT2D eigenvalue weighted by atomic mass is 32.2. The van der Waals surface area contributed by atoms with E-state index in [2.05, 4.69) is 23.5 Å². The lowest BCUT2D eigenvalue weighted by molar-refractivity contribution is 0.0655. The number of allylic oxidation sites excluding steroid dienone is 2. The lowest BCUT2D eigenvalue weighted by Crippen LogP contribution is -2.49. The number of nitrogens with one attached hydrogen (secondary N) is 1. The van der Waals surface area contributed by atoms with Crippen LogP contribution >= 0.6 is 23.5 Å². The standard InChI is InChI=1S/C30H25N3O3S2/c34-28-22-11-1-2-12-23(22)29(35)32(28)17-8-18-37-21-10-7-9-20(19-21)31-30(36)33-24-13-3-5-15-26(24)38-27-16-6-4-14-25(27)33/h1-7,9-16,19,24,26H,8,17-18H2,(H,31,36). The molecule has 3 aromatic carbocycles. The first-order chi connectivity index (χ1) is 18.6. The molecule has 0 spiro atoms. The average molecular weight is 540 g/mol. The second kappa shape index (κ2) is 10.6. The van der Waals surface area contributed by atoms with E-state index in [4.69, 9.17) is 0 Å². The number of nitrogens with zero attached hydrogens (tertiary/aromatic N) is 2. The van der Waals surface area contributed by atoms with E-state index in [0.29, 0.717) is 24.1 Å². The van der Waals surface area contributed by atoms with Gasteiger partial charge in [-0.15, -0.1) is 23.5 Å². The third-order valence-electron chi connectivity index (χ3n) is 6.72. The normalized spacial score (nSPS) is 19.3. The van der Waals surface area contributed by atoms with Crippen LogP contribution in [0.5, 0.6) is 0 Å². The number of amides is 4. The van der Waals surface area contributed by atoms with Crippen molar-refractivity contribution in [1.29, 1.82) is 0 Å². The number of carbonyl (C=O) groups excluding carboxylic acids is 3. The molecule has 6 rings (SSSR count). The van der Waals surface area contributed by atoms with Crippen molar-refractivity contribution in [3.05, 3.63) is 108 Å². The summed E-state index contributed by atoms with van der Waals surface area (Å²) in [7, 11) is 0. The molecule has 1 aliphatic carbocycles. The number of carbonyl (C=O) groups is 3. The summed E-state index contributed by atoms with van der Waals surface area (Å²) in [6.45, 7) is 0.382. The van der Waals surface area contributed by atoms with Gasteiger partial charge in [-0.1, -0.05) is 54.6 Å². The number of hydrogen-bond donors (Lipinski definition) is 1. The summed E-state index contributed by atoms with van der Waals surface area (Å²) in [5, 5.41) is 3.26. The Morgan fingerprint density at radius 2 is 1.63 bits per heavy atom. The van der Waals surface area contributed by atoms with Gasteiger partial charge in [0, 0.05) is 22.0 Å². The van der Waals surface area contributed by atoms with Crippen LogP contribution in [-0.2, 0) is 0 Å². The highest BCUT2D eigenvalue weighted by Crippen LogP contribution is 2.43. The largest absolute Gasteiger partial charge is 0.326 e. The van der Waals surface area contributed by atoms with E-state index in [0.717, 1.165) is 26.9 Å². The molecular weight excluding hydrogens is 514 g/mol. The van der Waals surface area contributed by atoms with Crippen molar-refractivity contribution in [2.45, 2.75) is 27.5 Å². The Labute approximate surface area is 229 Å². The minimum atomic E-state index is -0.219. The maximum atomic E-state index is 13.5. The lowest BCUT2D eigenvalue weighted by atomic mass is 10.1. The van der Waals surface area contributed by atoms with Crippen molar-refractivity contribution in [2.75, 3.05) is 22.5 Å². The van der Waals surface area contributed by atoms with Crippen LogP contribution < -0.4 is 10.2 Å². The maximum absolute atomic E-state index is 13.5. The number of fused-ring (bicyclic) bond motifs is 3. The van der Waals surface area contributed by atoms with E-state index in [9.17, 15) is 14.4 Å². The van der Waals surface area contributed by atoms with Gasteiger partial charge in [0.05, 0.1) is 28.1 Å². The Morgan fingerprint density at radius 1 is 0.895 bits per heavy atom. The van der Waals surface area contributed by atoms with Crippen LogP contribution in [0, 0.1) is 0 Å². The molecule has 2 atom stereocenters. The van der Waals surface area contributed by atoms with Crippen LogP contribution in [0.4, 0.5) is 16.2 Å². The first-order valence-electron chi connectivity index (χ1n) is 12.5. The number of para-hydroxylation sites is 1. The fraction of sp³-hybridized carbons (Fsp3) is 0.167. The quantitative estimate of drug-likeness (QED) is 0.221. The summed E-state index contributed by atoms with van der Waals surface area (Å²) in [6.07, 6.45) is 8.93. The van der Waals surface area contributed by atoms with Gasteiger partial charge in [-0.3, -0.25) is 19.4 Å². The molecule has 3 aliphatic rings. The molecule has 8 heteroatoms. The fourth-order valence-electron chi connectivity index (χ4n) is 4.93. The van der Waals surface area contributed by atoms with Crippen LogP contribution in [-0.4, -0.2) is 46.3 Å². The van der Waals surface area contributed by atoms with Crippen molar-refractivity contribution in [3.8, 4) is 0 Å². The zero-order valence-corrected chi connectivity index (χ0v) is 22.1. The predicted molar refractivity (Wildman–Crippen MR) is 153 cm³/mol. The summed E-state index contributed by atoms with van der Waals surface area (Å²) < 4.78 is 0. The average Bonchev–Trinajstić information content (AvgIpc) is 3.19. The Balaban J connectivity index is 1.08. The molecule has 4 amide bonds. The Hall–Kier alpha value is -3.75. The van der Waals surface area contributed by atoms with Gasteiger partial charge in [0.25, 0.3) is 11.8 Å². The number of thioether (sulfide) groups is 2. The molecule has 190 valence electrons. The zero-order chi connectivity index (χ0) is 26.1. The molecule has 38 heavy (non-hydrogen) atoms. The fourth-order valence-corrected chi connectivity index (χ4v) is 7.08. The van der Waals surface area contributed by atoms with Crippen LogP contribution in [0.2, 0.25) is 0 Å². The van der Waals surface area contributed by atoms with E-state index in [1.165, 1.54) is 4.90 Å². The Bertz CT molecular complexity index is 1450. The molecule has 2 heterocycles. The minimum absolute atomic E-state index is 0.0559. The number of benzene rings is 3. The second-order valence-electron chi connectivity index (χ2n) is 9.15. The molecule has 0 bridgehead atoms. The van der Waals surface area contributed by atoms with Crippen molar-refractivity contribution in [3.63, 3.8) is 0 Å². The molecule has 0 aromatic heterocycles. The van der Waals surface area contributed by atoms with Gasteiger partial charge in [-0.2, -0.15) is 0 Å². The smallest absolute Gasteiger partial charge is 0.307 e. The van der Waals surface area contributed by atoms with E-state index in [1.807, 2.05) is 59.5 Å². The van der Waals surface area contributed by atoms with Gasteiger partial charge in [0.1, 0.15) is 0 Å². The van der Waals surface area contributed by atoms with Gasteiger partial charge >= 0.3 is 6.03 Å². The molecule has 3 aromatic rings. The first kappa shape index (κ1) is 24.6.